The van der Waals surface area contributed by atoms with Crippen molar-refractivity contribution in [2.24, 2.45) is 0 Å². The first-order chi connectivity index (χ1) is 13.5. The topological polar surface area (TPSA) is 70.2 Å². The van der Waals surface area contributed by atoms with Crippen LogP contribution < -0.4 is 4.90 Å². The van der Waals surface area contributed by atoms with Crippen LogP contribution in [0.15, 0.2) is 18.5 Å². The Hall–Kier alpha value is -2.25. The van der Waals surface area contributed by atoms with Crippen molar-refractivity contribution in [2.45, 2.75) is 50.9 Å². The van der Waals surface area contributed by atoms with Gasteiger partial charge >= 0.3 is 0 Å². The molecule has 0 aromatic carbocycles. The maximum Gasteiger partial charge on any atom is 0.132 e. The predicted molar refractivity (Wildman–Crippen MR) is 109 cm³/mol. The van der Waals surface area contributed by atoms with Crippen molar-refractivity contribution < 1.29 is 4.74 Å². The zero-order valence-corrected chi connectivity index (χ0v) is 16.9. The summed E-state index contributed by atoms with van der Waals surface area (Å²) in [6, 6.07) is 2.59. The van der Waals surface area contributed by atoms with Gasteiger partial charge in [0.1, 0.15) is 17.8 Å². The number of anilines is 1. The second kappa shape index (κ2) is 6.67. The summed E-state index contributed by atoms with van der Waals surface area (Å²) in [5, 5.41) is 7.74. The summed E-state index contributed by atoms with van der Waals surface area (Å²) in [7, 11) is 2.18. The van der Waals surface area contributed by atoms with Crippen molar-refractivity contribution in [3.05, 3.63) is 29.7 Å². The van der Waals surface area contributed by atoms with E-state index in [0.29, 0.717) is 6.04 Å². The van der Waals surface area contributed by atoms with Crippen molar-refractivity contribution in [3.63, 3.8) is 0 Å². The molecule has 2 aromatic heterocycles. The first kappa shape index (κ1) is 17.8. The normalized spacial score (nSPS) is 26.3. The van der Waals surface area contributed by atoms with Crippen LogP contribution in [0.3, 0.4) is 0 Å². The molecule has 1 N–H and O–H groups in total. The number of ether oxygens (including phenoxy) is 1. The largest absolute Gasteiger partial charge is 0.368 e. The predicted octanol–water partition coefficient (Wildman–Crippen LogP) is 2.51. The Morgan fingerprint density at radius 3 is 2.89 bits per heavy atom. The molecule has 0 amide bonds. The molecule has 0 bridgehead atoms. The van der Waals surface area contributed by atoms with Gasteiger partial charge in [0.05, 0.1) is 23.1 Å². The van der Waals surface area contributed by atoms with Crippen LogP contribution in [0, 0.1) is 0 Å². The van der Waals surface area contributed by atoms with Crippen molar-refractivity contribution in [2.75, 3.05) is 31.6 Å². The van der Waals surface area contributed by atoms with Crippen LogP contribution in [0.1, 0.15) is 37.9 Å². The third-order valence-corrected chi connectivity index (χ3v) is 6.35. The van der Waals surface area contributed by atoms with E-state index in [1.165, 1.54) is 5.56 Å². The Kier molecular flexibility index (Phi) is 4.25. The number of H-pyrrole nitrogens is 1. The number of nitrogens with one attached hydrogen (secondary N) is 1. The summed E-state index contributed by atoms with van der Waals surface area (Å²) in [4.78, 5) is 13.8. The monoisotopic (exact) mass is 380 g/mol. The zero-order chi connectivity index (χ0) is 19.3. The number of fused-ring (bicyclic) bond motifs is 1. The molecular weight excluding hydrogens is 352 g/mol. The highest BCUT2D eigenvalue weighted by Gasteiger charge is 2.41. The van der Waals surface area contributed by atoms with E-state index in [0.717, 1.165) is 61.8 Å². The molecule has 1 saturated heterocycles. The minimum atomic E-state index is 0.0661. The highest BCUT2D eigenvalue weighted by Crippen LogP contribution is 2.41. The van der Waals surface area contributed by atoms with E-state index in [1.807, 2.05) is 0 Å². The fraction of sp³-hybridized carbons (Fsp3) is 0.571. The molecule has 7 heteroatoms. The van der Waals surface area contributed by atoms with Gasteiger partial charge in [-0.15, -0.1) is 0 Å². The maximum absolute atomic E-state index is 6.27. The first-order valence-corrected chi connectivity index (χ1v) is 10.2. The van der Waals surface area contributed by atoms with Crippen molar-refractivity contribution >= 4 is 11.9 Å². The number of likely N-dealkylation sites (N-methyl/N-ethyl adjacent to an activating group) is 1. The summed E-state index contributed by atoms with van der Waals surface area (Å²) < 4.78 is 6.27. The molecule has 2 fully saturated rings. The molecule has 1 saturated carbocycles. The molecule has 148 valence electrons. The highest BCUT2D eigenvalue weighted by atomic mass is 16.5. The van der Waals surface area contributed by atoms with Gasteiger partial charge in [0.2, 0.25) is 0 Å². The van der Waals surface area contributed by atoms with Gasteiger partial charge in [0.25, 0.3) is 0 Å². The van der Waals surface area contributed by atoms with Crippen LogP contribution in [0.5, 0.6) is 0 Å². The molecule has 2 atom stereocenters. The lowest BCUT2D eigenvalue weighted by atomic mass is 9.98. The van der Waals surface area contributed by atoms with Gasteiger partial charge in [-0.3, -0.25) is 5.10 Å². The van der Waals surface area contributed by atoms with E-state index < -0.39 is 0 Å². The number of hydrogen-bond acceptors (Lipinski definition) is 6. The summed E-state index contributed by atoms with van der Waals surface area (Å²) >= 11 is 0. The summed E-state index contributed by atoms with van der Waals surface area (Å²) in [5.74, 6) is 0.978. The molecule has 5 rings (SSSR count). The second-order valence-corrected chi connectivity index (χ2v) is 8.67. The molecule has 3 aliphatic rings. The minimum Gasteiger partial charge on any atom is -0.368 e. The number of nitrogens with zero attached hydrogens (tertiary/aromatic N) is 5. The fourth-order valence-electron chi connectivity index (χ4n) is 4.05. The third-order valence-electron chi connectivity index (χ3n) is 6.35. The molecule has 28 heavy (non-hydrogen) atoms. The van der Waals surface area contributed by atoms with Crippen LogP contribution in [0.25, 0.3) is 17.5 Å². The zero-order valence-electron chi connectivity index (χ0n) is 16.9. The molecule has 2 aromatic rings. The Morgan fingerprint density at radius 1 is 1.25 bits per heavy atom. The third kappa shape index (κ3) is 3.33. The Labute approximate surface area is 165 Å². The standard InChI is InChI=1S/C21H28N6O/c1-14-12-27(9-8-26(14)3)19-11-18(22-13-23-19)20-16-10-15(28-21(2)6-7-21)4-5-17(16)24-25-20/h4-5,11,13-15H,6-10,12H2,1-3H3,(H,24,25). The average Bonchev–Trinajstić information content (AvgIpc) is 3.26. The van der Waals surface area contributed by atoms with Crippen molar-refractivity contribution in [1.29, 1.82) is 0 Å². The SMILES string of the molecule is CC1CN(c2cc(-c3n[nH]c4c3CC(OC3(C)CC3)C=C4)ncn2)CCN1C. The van der Waals surface area contributed by atoms with Crippen LogP contribution in [-0.4, -0.2) is 69.5 Å². The number of hydrogen-bond donors (Lipinski definition) is 1. The highest BCUT2D eigenvalue weighted by molar-refractivity contribution is 5.69. The quantitative estimate of drug-likeness (QED) is 0.879. The van der Waals surface area contributed by atoms with Gasteiger partial charge in [0, 0.05) is 43.7 Å². The molecule has 0 radical (unpaired) electrons. The lowest BCUT2D eigenvalue weighted by Crippen LogP contribution is -2.50. The Balaban J connectivity index is 1.39. The van der Waals surface area contributed by atoms with E-state index in [2.05, 4.69) is 69.1 Å². The molecule has 1 aliphatic heterocycles. The van der Waals surface area contributed by atoms with Crippen molar-refractivity contribution in [3.8, 4) is 11.4 Å². The van der Waals surface area contributed by atoms with Crippen LogP contribution in [0.4, 0.5) is 5.82 Å². The van der Waals surface area contributed by atoms with Crippen LogP contribution in [0.2, 0.25) is 0 Å². The number of aromatic amines is 1. The van der Waals surface area contributed by atoms with Gasteiger partial charge in [-0.25, -0.2) is 9.97 Å². The molecule has 0 spiro atoms. The van der Waals surface area contributed by atoms with E-state index >= 15 is 0 Å². The smallest absolute Gasteiger partial charge is 0.132 e. The summed E-state index contributed by atoms with van der Waals surface area (Å²) in [5.41, 5.74) is 4.11. The van der Waals surface area contributed by atoms with Gasteiger partial charge in [-0.2, -0.15) is 5.10 Å². The number of aromatic nitrogens is 4. The van der Waals surface area contributed by atoms with Crippen LogP contribution in [-0.2, 0) is 11.2 Å². The van der Waals surface area contributed by atoms with Gasteiger partial charge < -0.3 is 14.5 Å². The molecule has 2 unspecified atom stereocenters. The number of piperazine rings is 1. The Bertz CT molecular complexity index is 902. The van der Waals surface area contributed by atoms with Gasteiger partial charge in [0.15, 0.2) is 0 Å². The van der Waals surface area contributed by atoms with Crippen LogP contribution >= 0.6 is 0 Å². The summed E-state index contributed by atoms with van der Waals surface area (Å²) in [6.45, 7) is 7.45. The second-order valence-electron chi connectivity index (χ2n) is 8.67. The molecule has 3 heterocycles. The van der Waals surface area contributed by atoms with E-state index in [9.17, 15) is 0 Å². The lowest BCUT2D eigenvalue weighted by Gasteiger charge is -2.38. The Morgan fingerprint density at radius 2 is 2.11 bits per heavy atom. The number of rotatable bonds is 4. The van der Waals surface area contributed by atoms with E-state index in [1.54, 1.807) is 6.33 Å². The van der Waals surface area contributed by atoms with Crippen molar-refractivity contribution in [1.82, 2.24) is 25.1 Å². The van der Waals surface area contributed by atoms with E-state index in [-0.39, 0.29) is 11.7 Å². The fourth-order valence-corrected chi connectivity index (χ4v) is 4.05. The van der Waals surface area contributed by atoms with Gasteiger partial charge in [-0.1, -0.05) is 6.08 Å². The molecule has 7 nitrogen and oxygen atoms in total. The lowest BCUT2D eigenvalue weighted by molar-refractivity contribution is 0.00641. The molecule has 2 aliphatic carbocycles. The average molecular weight is 380 g/mol. The summed E-state index contributed by atoms with van der Waals surface area (Å²) in [6.07, 6.45) is 9.14. The molecular formula is C21H28N6O. The minimum absolute atomic E-state index is 0.0661. The van der Waals surface area contributed by atoms with Gasteiger partial charge in [-0.05, 0) is 39.8 Å². The maximum atomic E-state index is 6.27. The van der Waals surface area contributed by atoms with E-state index in [4.69, 9.17) is 4.74 Å². The first-order valence-electron chi connectivity index (χ1n) is 10.2.